The van der Waals surface area contributed by atoms with Gasteiger partial charge < -0.3 is 9.73 Å². The van der Waals surface area contributed by atoms with Gasteiger partial charge in [0, 0.05) is 36.6 Å². The fourth-order valence-corrected chi connectivity index (χ4v) is 2.09. The van der Waals surface area contributed by atoms with Gasteiger partial charge in [0.05, 0.1) is 12.8 Å². The Bertz CT molecular complexity index is 543. The number of pyridine rings is 1. The first kappa shape index (κ1) is 15.7. The monoisotopic (exact) mass is 287 g/mol. The summed E-state index contributed by atoms with van der Waals surface area (Å²) in [4.78, 5) is 6.27. The molecular weight excluding hydrogens is 262 g/mol. The maximum absolute atomic E-state index is 5.64. The van der Waals surface area contributed by atoms with Crippen LogP contribution in [0.5, 0.6) is 0 Å². The van der Waals surface area contributed by atoms with Crippen LogP contribution in [0.4, 0.5) is 0 Å². The molecule has 1 N–H and O–H groups in total. The zero-order valence-corrected chi connectivity index (χ0v) is 13.4. The fraction of sp³-hybridized carbons (Fsp3) is 0.471. The van der Waals surface area contributed by atoms with Crippen molar-refractivity contribution in [2.75, 3.05) is 7.05 Å². The lowest BCUT2D eigenvalue weighted by molar-refractivity contribution is 0.287. The normalized spacial score (nSPS) is 12.0. The summed E-state index contributed by atoms with van der Waals surface area (Å²) in [6.07, 6.45) is 5.49. The minimum Gasteiger partial charge on any atom is -0.468 e. The number of hydrogen-bond acceptors (Lipinski definition) is 4. The molecule has 2 heterocycles. The van der Waals surface area contributed by atoms with Crippen LogP contribution >= 0.6 is 0 Å². The second kappa shape index (κ2) is 6.87. The van der Waals surface area contributed by atoms with E-state index >= 15 is 0 Å². The summed E-state index contributed by atoms with van der Waals surface area (Å²) in [5.41, 5.74) is 2.57. The van der Waals surface area contributed by atoms with Crippen LogP contribution in [0.1, 0.15) is 37.7 Å². The second-order valence-corrected chi connectivity index (χ2v) is 6.55. The van der Waals surface area contributed by atoms with Crippen LogP contribution in [0.15, 0.2) is 41.3 Å². The number of aromatic nitrogens is 1. The molecule has 114 valence electrons. The molecule has 0 saturated heterocycles. The lowest BCUT2D eigenvalue weighted by Crippen LogP contribution is -2.34. The predicted molar refractivity (Wildman–Crippen MR) is 84.7 cm³/mol. The quantitative estimate of drug-likeness (QED) is 0.886. The third-order valence-electron chi connectivity index (χ3n) is 3.16. The highest BCUT2D eigenvalue weighted by Gasteiger charge is 2.10. The maximum Gasteiger partial charge on any atom is 0.118 e. The molecule has 2 aromatic heterocycles. The van der Waals surface area contributed by atoms with Gasteiger partial charge in [-0.1, -0.05) is 0 Å². The summed E-state index contributed by atoms with van der Waals surface area (Å²) in [5, 5.41) is 3.46. The van der Waals surface area contributed by atoms with Crippen molar-refractivity contribution in [3.63, 3.8) is 0 Å². The van der Waals surface area contributed by atoms with Crippen molar-refractivity contribution < 1.29 is 4.42 Å². The minimum absolute atomic E-state index is 0.121. The Morgan fingerprint density at radius 2 is 1.86 bits per heavy atom. The molecule has 0 aliphatic heterocycles. The first-order valence-corrected chi connectivity index (χ1v) is 7.31. The minimum atomic E-state index is 0.121. The number of rotatable bonds is 6. The number of nitrogens with one attached hydrogen (secondary N) is 1. The van der Waals surface area contributed by atoms with E-state index in [1.807, 2.05) is 30.8 Å². The second-order valence-electron chi connectivity index (χ2n) is 6.55. The van der Waals surface area contributed by atoms with E-state index in [0.29, 0.717) is 0 Å². The summed E-state index contributed by atoms with van der Waals surface area (Å²) < 4.78 is 5.64. The Hall–Kier alpha value is -1.65. The lowest BCUT2D eigenvalue weighted by atomic mass is 10.1. The number of hydrogen-bond donors (Lipinski definition) is 1. The fourth-order valence-electron chi connectivity index (χ4n) is 2.09. The summed E-state index contributed by atoms with van der Waals surface area (Å²) in [6, 6.07) is 6.20. The molecule has 21 heavy (non-hydrogen) atoms. The Morgan fingerprint density at radius 1 is 1.14 bits per heavy atom. The average Bonchev–Trinajstić information content (AvgIpc) is 2.84. The van der Waals surface area contributed by atoms with E-state index in [0.717, 1.165) is 25.4 Å². The first-order chi connectivity index (χ1) is 9.92. The van der Waals surface area contributed by atoms with Crippen LogP contribution in [-0.4, -0.2) is 22.5 Å². The van der Waals surface area contributed by atoms with Gasteiger partial charge in [-0.3, -0.25) is 9.88 Å². The summed E-state index contributed by atoms with van der Waals surface area (Å²) >= 11 is 0. The topological polar surface area (TPSA) is 41.3 Å². The molecule has 0 aromatic carbocycles. The van der Waals surface area contributed by atoms with Crippen molar-refractivity contribution in [2.24, 2.45) is 0 Å². The average molecular weight is 287 g/mol. The Labute approximate surface area is 127 Å². The number of nitrogens with zero attached hydrogens (tertiary/aromatic N) is 2. The third kappa shape index (κ3) is 5.69. The summed E-state index contributed by atoms with van der Waals surface area (Å²) in [6.45, 7) is 9.02. The lowest BCUT2D eigenvalue weighted by Gasteiger charge is -2.19. The van der Waals surface area contributed by atoms with Crippen LogP contribution < -0.4 is 5.32 Å². The molecule has 2 aromatic rings. The first-order valence-electron chi connectivity index (χ1n) is 7.31. The summed E-state index contributed by atoms with van der Waals surface area (Å²) in [5.74, 6) is 0.997. The SMILES string of the molecule is CN(Cc1ccncc1)Cc1cc(CNC(C)(C)C)co1. The van der Waals surface area contributed by atoms with Crippen molar-refractivity contribution in [1.82, 2.24) is 15.2 Å². The highest BCUT2D eigenvalue weighted by molar-refractivity contribution is 5.14. The molecule has 0 bridgehead atoms. The van der Waals surface area contributed by atoms with Crippen molar-refractivity contribution >= 4 is 0 Å². The van der Waals surface area contributed by atoms with Gasteiger partial charge in [0.25, 0.3) is 0 Å². The van der Waals surface area contributed by atoms with Gasteiger partial charge in [-0.15, -0.1) is 0 Å². The standard InChI is InChI=1S/C17H25N3O/c1-17(2,3)19-10-15-9-16(21-13-15)12-20(4)11-14-5-7-18-8-6-14/h5-9,13,19H,10-12H2,1-4H3. The molecule has 0 radical (unpaired) electrons. The van der Waals surface area contributed by atoms with Gasteiger partial charge in [-0.2, -0.15) is 0 Å². The smallest absolute Gasteiger partial charge is 0.118 e. The molecule has 0 unspecified atom stereocenters. The van der Waals surface area contributed by atoms with E-state index < -0.39 is 0 Å². The molecule has 2 rings (SSSR count). The zero-order chi connectivity index (χ0) is 15.3. The van der Waals surface area contributed by atoms with E-state index in [1.54, 1.807) is 0 Å². The van der Waals surface area contributed by atoms with Crippen LogP contribution in [0, 0.1) is 0 Å². The molecule has 0 aliphatic carbocycles. The van der Waals surface area contributed by atoms with Crippen LogP contribution in [-0.2, 0) is 19.6 Å². The Morgan fingerprint density at radius 3 is 2.52 bits per heavy atom. The predicted octanol–water partition coefficient (Wildman–Crippen LogP) is 3.19. The van der Waals surface area contributed by atoms with Crippen molar-refractivity contribution in [3.8, 4) is 0 Å². The van der Waals surface area contributed by atoms with Crippen LogP contribution in [0.2, 0.25) is 0 Å². The zero-order valence-electron chi connectivity index (χ0n) is 13.4. The van der Waals surface area contributed by atoms with E-state index in [1.165, 1.54) is 11.1 Å². The van der Waals surface area contributed by atoms with E-state index in [-0.39, 0.29) is 5.54 Å². The van der Waals surface area contributed by atoms with Crippen molar-refractivity contribution in [2.45, 2.75) is 45.9 Å². The maximum atomic E-state index is 5.64. The largest absolute Gasteiger partial charge is 0.468 e. The number of furan rings is 1. The molecular formula is C17H25N3O. The van der Waals surface area contributed by atoms with Gasteiger partial charge in [-0.05, 0) is 51.6 Å². The van der Waals surface area contributed by atoms with Crippen molar-refractivity contribution in [3.05, 3.63) is 53.7 Å². The van der Waals surface area contributed by atoms with Crippen LogP contribution in [0.3, 0.4) is 0 Å². The molecule has 4 heteroatoms. The molecule has 0 saturated carbocycles. The molecule has 0 amide bonds. The third-order valence-corrected chi connectivity index (χ3v) is 3.16. The highest BCUT2D eigenvalue weighted by atomic mass is 16.3. The molecule has 0 atom stereocenters. The molecule has 0 aliphatic rings. The molecule has 4 nitrogen and oxygen atoms in total. The highest BCUT2D eigenvalue weighted by Crippen LogP contribution is 2.13. The van der Waals surface area contributed by atoms with Gasteiger partial charge >= 0.3 is 0 Å². The van der Waals surface area contributed by atoms with Gasteiger partial charge in [0.1, 0.15) is 5.76 Å². The van der Waals surface area contributed by atoms with Crippen LogP contribution in [0.25, 0.3) is 0 Å². The molecule has 0 spiro atoms. The van der Waals surface area contributed by atoms with Crippen molar-refractivity contribution in [1.29, 1.82) is 0 Å². The van der Waals surface area contributed by atoms with E-state index in [2.05, 4.69) is 49.1 Å². The molecule has 0 fully saturated rings. The van der Waals surface area contributed by atoms with E-state index in [9.17, 15) is 0 Å². The van der Waals surface area contributed by atoms with Gasteiger partial charge in [0.2, 0.25) is 0 Å². The Balaban J connectivity index is 1.84. The summed E-state index contributed by atoms with van der Waals surface area (Å²) in [7, 11) is 2.09. The van der Waals surface area contributed by atoms with Gasteiger partial charge in [0.15, 0.2) is 0 Å². The van der Waals surface area contributed by atoms with E-state index in [4.69, 9.17) is 4.42 Å². The Kier molecular flexibility index (Phi) is 5.15. The van der Waals surface area contributed by atoms with Gasteiger partial charge in [-0.25, -0.2) is 0 Å².